The fourth-order valence-electron chi connectivity index (χ4n) is 2.33. The van der Waals surface area contributed by atoms with Crippen molar-refractivity contribution in [2.45, 2.75) is 32.1 Å². The summed E-state index contributed by atoms with van der Waals surface area (Å²) in [6.07, 6.45) is 8.90. The minimum atomic E-state index is 0.185. The predicted octanol–water partition coefficient (Wildman–Crippen LogP) is 2.85. The maximum atomic E-state index is 12.3. The SMILES string of the molecule is COc1cnccc1C(=O)C1CCCCC1. The average Bonchev–Trinajstić information content (AvgIpc) is 2.39. The first-order chi connectivity index (χ1) is 7.83. The molecule has 0 spiro atoms. The average molecular weight is 219 g/mol. The lowest BCUT2D eigenvalue weighted by Gasteiger charge is -2.20. The molecular formula is C13H17NO2. The topological polar surface area (TPSA) is 39.2 Å². The number of nitrogens with zero attached hydrogens (tertiary/aromatic N) is 1. The molecule has 3 heteroatoms. The maximum absolute atomic E-state index is 12.3. The van der Waals surface area contributed by atoms with Gasteiger partial charge in [0.05, 0.1) is 18.9 Å². The highest BCUT2D eigenvalue weighted by Crippen LogP contribution is 2.29. The van der Waals surface area contributed by atoms with E-state index >= 15 is 0 Å². The number of pyridine rings is 1. The van der Waals surface area contributed by atoms with Crippen molar-refractivity contribution in [2.75, 3.05) is 7.11 Å². The van der Waals surface area contributed by atoms with Crippen molar-refractivity contribution >= 4 is 5.78 Å². The van der Waals surface area contributed by atoms with Gasteiger partial charge in [-0.05, 0) is 18.9 Å². The molecule has 0 bridgehead atoms. The van der Waals surface area contributed by atoms with Crippen LogP contribution >= 0.6 is 0 Å². The summed E-state index contributed by atoms with van der Waals surface area (Å²) < 4.78 is 5.17. The molecule has 0 aliphatic heterocycles. The Morgan fingerprint density at radius 1 is 1.38 bits per heavy atom. The number of methoxy groups -OCH3 is 1. The molecule has 2 rings (SSSR count). The number of carbonyl (C=O) groups excluding carboxylic acids is 1. The van der Waals surface area contributed by atoms with Gasteiger partial charge in [-0.25, -0.2) is 0 Å². The van der Waals surface area contributed by atoms with E-state index in [1.54, 1.807) is 25.6 Å². The van der Waals surface area contributed by atoms with Gasteiger partial charge in [0.25, 0.3) is 0 Å². The van der Waals surface area contributed by atoms with Crippen LogP contribution in [0.25, 0.3) is 0 Å². The molecule has 1 aliphatic carbocycles. The molecule has 1 aliphatic rings. The predicted molar refractivity (Wildman–Crippen MR) is 61.7 cm³/mol. The lowest BCUT2D eigenvalue weighted by molar-refractivity contribution is 0.0886. The molecule has 1 aromatic rings. The molecule has 1 heterocycles. The van der Waals surface area contributed by atoms with Gasteiger partial charge in [-0.15, -0.1) is 0 Å². The first kappa shape index (κ1) is 11.1. The second kappa shape index (κ2) is 5.10. The first-order valence-corrected chi connectivity index (χ1v) is 5.85. The van der Waals surface area contributed by atoms with Crippen LogP contribution in [0.15, 0.2) is 18.5 Å². The molecule has 0 N–H and O–H groups in total. The Bertz CT molecular complexity index is 370. The summed E-state index contributed by atoms with van der Waals surface area (Å²) in [7, 11) is 1.58. The van der Waals surface area contributed by atoms with Gasteiger partial charge in [0.15, 0.2) is 5.78 Å². The van der Waals surface area contributed by atoms with Crippen molar-refractivity contribution in [2.24, 2.45) is 5.92 Å². The minimum absolute atomic E-state index is 0.185. The molecule has 0 aromatic carbocycles. The van der Waals surface area contributed by atoms with Crippen LogP contribution in [0.2, 0.25) is 0 Å². The molecule has 1 saturated carbocycles. The fraction of sp³-hybridized carbons (Fsp3) is 0.538. The van der Waals surface area contributed by atoms with Crippen molar-refractivity contribution in [3.05, 3.63) is 24.0 Å². The molecule has 1 fully saturated rings. The molecule has 0 atom stereocenters. The van der Waals surface area contributed by atoms with Gasteiger partial charge in [-0.1, -0.05) is 19.3 Å². The second-order valence-electron chi connectivity index (χ2n) is 4.28. The smallest absolute Gasteiger partial charge is 0.169 e. The zero-order valence-corrected chi connectivity index (χ0v) is 9.61. The standard InChI is InChI=1S/C13H17NO2/c1-16-12-9-14-8-7-11(12)13(15)10-5-3-2-4-6-10/h7-10H,2-6H2,1H3. The zero-order valence-electron chi connectivity index (χ0n) is 9.61. The van der Waals surface area contributed by atoms with E-state index in [1.807, 2.05) is 0 Å². The third kappa shape index (κ3) is 2.23. The van der Waals surface area contributed by atoms with Gasteiger partial charge >= 0.3 is 0 Å². The van der Waals surface area contributed by atoms with Crippen molar-refractivity contribution in [1.29, 1.82) is 0 Å². The van der Waals surface area contributed by atoms with Gasteiger partial charge in [-0.3, -0.25) is 9.78 Å². The largest absolute Gasteiger partial charge is 0.494 e. The fourth-order valence-corrected chi connectivity index (χ4v) is 2.33. The van der Waals surface area contributed by atoms with Crippen LogP contribution in [0.1, 0.15) is 42.5 Å². The van der Waals surface area contributed by atoms with Crippen LogP contribution in [0.3, 0.4) is 0 Å². The summed E-state index contributed by atoms with van der Waals surface area (Å²) in [5.41, 5.74) is 0.685. The third-order valence-corrected chi connectivity index (χ3v) is 3.25. The van der Waals surface area contributed by atoms with Crippen molar-refractivity contribution in [3.8, 4) is 5.75 Å². The van der Waals surface area contributed by atoms with Crippen molar-refractivity contribution in [1.82, 2.24) is 4.98 Å². The van der Waals surface area contributed by atoms with Crippen molar-refractivity contribution in [3.63, 3.8) is 0 Å². The summed E-state index contributed by atoms with van der Waals surface area (Å²) in [5, 5.41) is 0. The summed E-state index contributed by atoms with van der Waals surface area (Å²) in [6.45, 7) is 0. The van der Waals surface area contributed by atoms with Gasteiger partial charge in [0.2, 0.25) is 0 Å². The number of carbonyl (C=O) groups is 1. The number of ether oxygens (including phenoxy) is 1. The number of rotatable bonds is 3. The zero-order chi connectivity index (χ0) is 11.4. The van der Waals surface area contributed by atoms with Crippen LogP contribution in [-0.4, -0.2) is 17.9 Å². The minimum Gasteiger partial charge on any atom is -0.494 e. The highest BCUT2D eigenvalue weighted by Gasteiger charge is 2.24. The van der Waals surface area contributed by atoms with Crippen LogP contribution in [0, 0.1) is 5.92 Å². The monoisotopic (exact) mass is 219 g/mol. The molecule has 86 valence electrons. The van der Waals surface area contributed by atoms with Crippen LogP contribution in [0.5, 0.6) is 5.75 Å². The Hall–Kier alpha value is -1.38. The molecule has 3 nitrogen and oxygen atoms in total. The van der Waals surface area contributed by atoms with E-state index in [2.05, 4.69) is 4.98 Å². The van der Waals surface area contributed by atoms with Gasteiger partial charge in [-0.2, -0.15) is 0 Å². The molecule has 0 unspecified atom stereocenters. The van der Waals surface area contributed by atoms with Crippen LogP contribution in [0.4, 0.5) is 0 Å². The van der Waals surface area contributed by atoms with Gasteiger partial charge in [0, 0.05) is 12.1 Å². The first-order valence-electron chi connectivity index (χ1n) is 5.85. The summed E-state index contributed by atoms with van der Waals surface area (Å²) in [6, 6.07) is 1.76. The highest BCUT2D eigenvalue weighted by atomic mass is 16.5. The maximum Gasteiger partial charge on any atom is 0.169 e. The molecule has 0 amide bonds. The summed E-state index contributed by atoms with van der Waals surface area (Å²) >= 11 is 0. The van der Waals surface area contributed by atoms with Crippen LogP contribution < -0.4 is 4.74 Å². The Morgan fingerprint density at radius 3 is 2.81 bits per heavy atom. The van der Waals surface area contributed by atoms with E-state index in [4.69, 9.17) is 4.74 Å². The highest BCUT2D eigenvalue weighted by molar-refractivity contribution is 6.00. The lowest BCUT2D eigenvalue weighted by atomic mass is 9.84. The summed E-state index contributed by atoms with van der Waals surface area (Å²) in [4.78, 5) is 16.2. The van der Waals surface area contributed by atoms with Crippen LogP contribution in [-0.2, 0) is 0 Å². The van der Waals surface area contributed by atoms with E-state index in [0.29, 0.717) is 11.3 Å². The molecule has 1 aromatic heterocycles. The Balaban J connectivity index is 2.19. The van der Waals surface area contributed by atoms with Gasteiger partial charge < -0.3 is 4.74 Å². The number of hydrogen-bond donors (Lipinski definition) is 0. The molecule has 0 saturated heterocycles. The number of hydrogen-bond acceptors (Lipinski definition) is 3. The Kier molecular flexibility index (Phi) is 3.54. The number of ketones is 1. The normalized spacial score (nSPS) is 17.1. The van der Waals surface area contributed by atoms with Crippen molar-refractivity contribution < 1.29 is 9.53 Å². The van der Waals surface area contributed by atoms with E-state index in [1.165, 1.54) is 19.3 Å². The Morgan fingerprint density at radius 2 is 2.12 bits per heavy atom. The van der Waals surface area contributed by atoms with E-state index < -0.39 is 0 Å². The number of Topliss-reactive ketones (excluding diaryl/α,β-unsaturated/α-hetero) is 1. The second-order valence-corrected chi connectivity index (χ2v) is 4.28. The van der Waals surface area contributed by atoms with E-state index in [9.17, 15) is 4.79 Å². The van der Waals surface area contributed by atoms with E-state index in [-0.39, 0.29) is 11.7 Å². The molecule has 16 heavy (non-hydrogen) atoms. The molecular weight excluding hydrogens is 202 g/mol. The third-order valence-electron chi connectivity index (χ3n) is 3.25. The number of aromatic nitrogens is 1. The quantitative estimate of drug-likeness (QED) is 0.734. The molecule has 0 radical (unpaired) electrons. The summed E-state index contributed by atoms with van der Waals surface area (Å²) in [5.74, 6) is 1.00. The van der Waals surface area contributed by atoms with E-state index in [0.717, 1.165) is 12.8 Å². The Labute approximate surface area is 95.8 Å². The lowest BCUT2D eigenvalue weighted by Crippen LogP contribution is -2.18. The van der Waals surface area contributed by atoms with Gasteiger partial charge in [0.1, 0.15) is 5.75 Å².